The van der Waals surface area contributed by atoms with Gasteiger partial charge in [0.15, 0.2) is 0 Å². The van der Waals surface area contributed by atoms with Crippen LogP contribution in [-0.4, -0.2) is 12.5 Å². The molecule has 0 unspecified atom stereocenters. The van der Waals surface area contributed by atoms with Crippen molar-refractivity contribution in [1.29, 1.82) is 0 Å². The maximum Gasteiger partial charge on any atom is 0.224 e. The maximum atomic E-state index is 11.4. The van der Waals surface area contributed by atoms with Crippen molar-refractivity contribution in [3.8, 4) is 0 Å². The molecule has 0 radical (unpaired) electrons. The summed E-state index contributed by atoms with van der Waals surface area (Å²) in [5.74, 6) is 0.0902. The van der Waals surface area contributed by atoms with E-state index in [4.69, 9.17) is 5.73 Å². The molecule has 4 heteroatoms. The van der Waals surface area contributed by atoms with Crippen LogP contribution in [0.3, 0.4) is 0 Å². The van der Waals surface area contributed by atoms with Crippen LogP contribution in [0.25, 0.3) is 0 Å². The summed E-state index contributed by atoms with van der Waals surface area (Å²) < 4.78 is 0. The van der Waals surface area contributed by atoms with Gasteiger partial charge in [0.05, 0.1) is 11.4 Å². The highest BCUT2D eigenvalue weighted by Gasteiger charge is 2.36. The van der Waals surface area contributed by atoms with Crippen LogP contribution in [-0.2, 0) is 11.2 Å². The Kier molecular flexibility index (Phi) is 2.47. The SMILES string of the molecule is CC1(CNc2cc3c(cc2N)CCC(=O)N3)CC1. The summed E-state index contributed by atoms with van der Waals surface area (Å²) in [6, 6.07) is 3.94. The molecule has 18 heavy (non-hydrogen) atoms. The molecule has 0 saturated heterocycles. The number of carbonyl (C=O) groups excluding carboxylic acids is 1. The van der Waals surface area contributed by atoms with E-state index in [0.29, 0.717) is 11.8 Å². The fourth-order valence-corrected chi connectivity index (χ4v) is 2.30. The molecule has 1 aliphatic carbocycles. The maximum absolute atomic E-state index is 11.4. The van der Waals surface area contributed by atoms with Gasteiger partial charge in [-0.3, -0.25) is 4.79 Å². The second-order valence-electron chi connectivity index (χ2n) is 5.81. The number of nitrogen functional groups attached to an aromatic ring is 1. The molecule has 1 amide bonds. The van der Waals surface area contributed by atoms with Gasteiger partial charge in [0.1, 0.15) is 0 Å². The van der Waals surface area contributed by atoms with Crippen LogP contribution >= 0.6 is 0 Å². The Hall–Kier alpha value is -1.71. The fraction of sp³-hybridized carbons (Fsp3) is 0.500. The van der Waals surface area contributed by atoms with Crippen LogP contribution in [0.5, 0.6) is 0 Å². The average molecular weight is 245 g/mol. The van der Waals surface area contributed by atoms with Gasteiger partial charge in [-0.2, -0.15) is 0 Å². The van der Waals surface area contributed by atoms with E-state index in [1.807, 2.05) is 12.1 Å². The molecule has 1 aromatic rings. The number of nitrogens with one attached hydrogen (secondary N) is 2. The molecule has 1 aromatic carbocycles. The van der Waals surface area contributed by atoms with E-state index in [0.717, 1.165) is 35.6 Å². The number of fused-ring (bicyclic) bond motifs is 1. The molecule has 0 atom stereocenters. The Balaban J connectivity index is 1.81. The Bertz CT molecular complexity index is 506. The van der Waals surface area contributed by atoms with Crippen molar-refractivity contribution < 1.29 is 4.79 Å². The number of nitrogens with two attached hydrogens (primary N) is 1. The van der Waals surface area contributed by atoms with E-state index in [9.17, 15) is 4.79 Å². The van der Waals surface area contributed by atoms with Crippen LogP contribution in [0.2, 0.25) is 0 Å². The van der Waals surface area contributed by atoms with Gasteiger partial charge in [-0.05, 0) is 42.4 Å². The molecule has 96 valence electrons. The number of anilines is 3. The van der Waals surface area contributed by atoms with Crippen molar-refractivity contribution in [3.63, 3.8) is 0 Å². The highest BCUT2D eigenvalue weighted by atomic mass is 16.1. The van der Waals surface area contributed by atoms with Gasteiger partial charge in [-0.25, -0.2) is 0 Å². The third-order valence-electron chi connectivity index (χ3n) is 3.98. The van der Waals surface area contributed by atoms with E-state index >= 15 is 0 Å². The summed E-state index contributed by atoms with van der Waals surface area (Å²) in [5, 5.41) is 6.31. The minimum atomic E-state index is 0.0902. The first kappa shape index (κ1) is 11.4. The Labute approximate surface area is 107 Å². The van der Waals surface area contributed by atoms with Crippen LogP contribution in [0.4, 0.5) is 17.1 Å². The molecule has 2 aliphatic rings. The highest BCUT2D eigenvalue weighted by Crippen LogP contribution is 2.45. The summed E-state index contributed by atoms with van der Waals surface area (Å²) >= 11 is 0. The molecule has 1 heterocycles. The summed E-state index contributed by atoms with van der Waals surface area (Å²) in [7, 11) is 0. The molecule has 1 saturated carbocycles. The molecule has 1 fully saturated rings. The second-order valence-corrected chi connectivity index (χ2v) is 5.81. The topological polar surface area (TPSA) is 67.1 Å². The smallest absolute Gasteiger partial charge is 0.224 e. The summed E-state index contributed by atoms with van der Waals surface area (Å²) in [4.78, 5) is 11.4. The van der Waals surface area contributed by atoms with Crippen LogP contribution in [0.1, 0.15) is 31.7 Å². The molecular weight excluding hydrogens is 226 g/mol. The van der Waals surface area contributed by atoms with Crippen LogP contribution in [0.15, 0.2) is 12.1 Å². The van der Waals surface area contributed by atoms with E-state index in [1.54, 1.807) is 0 Å². The lowest BCUT2D eigenvalue weighted by molar-refractivity contribution is -0.116. The van der Waals surface area contributed by atoms with Crippen LogP contribution in [0, 0.1) is 5.41 Å². The lowest BCUT2D eigenvalue weighted by Crippen LogP contribution is -2.20. The van der Waals surface area contributed by atoms with E-state index in [-0.39, 0.29) is 5.91 Å². The number of benzene rings is 1. The Morgan fingerprint density at radius 1 is 1.39 bits per heavy atom. The standard InChI is InChI=1S/C14H19N3O/c1-14(4-5-14)8-16-12-7-11-9(6-10(12)15)2-3-13(18)17-11/h6-7,16H,2-5,8,15H2,1H3,(H,17,18). The lowest BCUT2D eigenvalue weighted by Gasteiger charge is -2.20. The minimum absolute atomic E-state index is 0.0902. The van der Waals surface area contributed by atoms with E-state index in [2.05, 4.69) is 17.6 Å². The highest BCUT2D eigenvalue weighted by molar-refractivity contribution is 5.95. The van der Waals surface area contributed by atoms with Crippen molar-refractivity contribution in [3.05, 3.63) is 17.7 Å². The Morgan fingerprint density at radius 2 is 2.17 bits per heavy atom. The second kappa shape index (κ2) is 3.90. The summed E-state index contributed by atoms with van der Waals surface area (Å²) in [5.41, 5.74) is 10.2. The Morgan fingerprint density at radius 3 is 2.89 bits per heavy atom. The van der Waals surface area contributed by atoms with Gasteiger partial charge in [-0.1, -0.05) is 6.92 Å². The first-order valence-electron chi connectivity index (χ1n) is 6.52. The van der Waals surface area contributed by atoms with Crippen molar-refractivity contribution >= 4 is 23.0 Å². The zero-order valence-electron chi connectivity index (χ0n) is 10.7. The number of amides is 1. The molecule has 0 aromatic heterocycles. The van der Waals surface area contributed by atoms with E-state index < -0.39 is 0 Å². The third kappa shape index (κ3) is 2.15. The van der Waals surface area contributed by atoms with Crippen molar-refractivity contribution in [1.82, 2.24) is 0 Å². The van der Waals surface area contributed by atoms with Gasteiger partial charge in [0, 0.05) is 18.7 Å². The predicted octanol–water partition coefficient (Wildman–Crippen LogP) is 2.37. The molecule has 0 bridgehead atoms. The molecular formula is C14H19N3O. The quantitative estimate of drug-likeness (QED) is 0.716. The van der Waals surface area contributed by atoms with Gasteiger partial charge in [-0.15, -0.1) is 0 Å². The number of hydrogen-bond donors (Lipinski definition) is 3. The molecule has 0 spiro atoms. The van der Waals surface area contributed by atoms with Crippen molar-refractivity contribution in [2.24, 2.45) is 5.41 Å². The van der Waals surface area contributed by atoms with Crippen molar-refractivity contribution in [2.75, 3.05) is 22.9 Å². The molecule has 1 aliphatic heterocycles. The van der Waals surface area contributed by atoms with Gasteiger partial charge < -0.3 is 16.4 Å². The first-order valence-corrected chi connectivity index (χ1v) is 6.52. The molecule has 3 rings (SSSR count). The summed E-state index contributed by atoms with van der Waals surface area (Å²) in [6.45, 7) is 3.22. The van der Waals surface area contributed by atoms with E-state index in [1.165, 1.54) is 12.8 Å². The zero-order chi connectivity index (χ0) is 12.8. The van der Waals surface area contributed by atoms with Crippen LogP contribution < -0.4 is 16.4 Å². The van der Waals surface area contributed by atoms with Gasteiger partial charge in [0.25, 0.3) is 0 Å². The summed E-state index contributed by atoms with van der Waals surface area (Å²) in [6.07, 6.45) is 3.89. The predicted molar refractivity (Wildman–Crippen MR) is 73.6 cm³/mol. The monoisotopic (exact) mass is 245 g/mol. The zero-order valence-corrected chi connectivity index (χ0v) is 10.7. The molecule has 4 nitrogen and oxygen atoms in total. The number of rotatable bonds is 3. The molecule has 4 N–H and O–H groups in total. The van der Waals surface area contributed by atoms with Gasteiger partial charge in [0.2, 0.25) is 5.91 Å². The first-order chi connectivity index (χ1) is 8.56. The van der Waals surface area contributed by atoms with Crippen molar-refractivity contribution in [2.45, 2.75) is 32.6 Å². The van der Waals surface area contributed by atoms with Gasteiger partial charge >= 0.3 is 0 Å². The average Bonchev–Trinajstić information content (AvgIpc) is 3.06. The lowest BCUT2D eigenvalue weighted by atomic mass is 10.0. The fourth-order valence-electron chi connectivity index (χ4n) is 2.30. The normalized spacial score (nSPS) is 19.9. The number of carbonyl (C=O) groups is 1. The largest absolute Gasteiger partial charge is 0.397 e. The number of hydrogen-bond acceptors (Lipinski definition) is 3. The number of aryl methyl sites for hydroxylation is 1. The minimum Gasteiger partial charge on any atom is -0.397 e. The third-order valence-corrected chi connectivity index (χ3v) is 3.98.